The minimum Gasteiger partial charge on any atom is -0.350 e. The third kappa shape index (κ3) is 3.75. The Balaban J connectivity index is 1.88. The van der Waals surface area contributed by atoms with Gasteiger partial charge in [-0.1, -0.05) is 47.5 Å². The van der Waals surface area contributed by atoms with Crippen molar-refractivity contribution in [3.8, 4) is 0 Å². The highest BCUT2D eigenvalue weighted by Gasteiger charge is 2.41. The van der Waals surface area contributed by atoms with Crippen molar-refractivity contribution in [2.75, 3.05) is 10.2 Å². The van der Waals surface area contributed by atoms with E-state index in [0.717, 1.165) is 32.8 Å². The quantitative estimate of drug-likeness (QED) is 0.577. The molecule has 0 aromatic heterocycles. The first-order chi connectivity index (χ1) is 14.8. The van der Waals surface area contributed by atoms with Crippen LogP contribution in [-0.2, 0) is 9.59 Å². The molecule has 31 heavy (non-hydrogen) atoms. The highest BCUT2D eigenvalue weighted by Crippen LogP contribution is 2.36. The number of aryl methyl sites for hydroxylation is 4. The number of carbonyl (C=O) groups is 2. The lowest BCUT2D eigenvalue weighted by Gasteiger charge is -2.16. The van der Waals surface area contributed by atoms with Crippen molar-refractivity contribution in [2.24, 2.45) is 0 Å². The van der Waals surface area contributed by atoms with Gasteiger partial charge in [-0.3, -0.25) is 9.59 Å². The van der Waals surface area contributed by atoms with Crippen LogP contribution in [0, 0.1) is 33.5 Å². The zero-order valence-corrected chi connectivity index (χ0v) is 17.9. The first kappa shape index (κ1) is 20.5. The maximum atomic E-state index is 13.9. The molecule has 4 rings (SSSR count). The lowest BCUT2D eigenvalue weighted by atomic mass is 9.97. The number of benzene rings is 3. The standard InChI is InChI=1S/C26H23FN2O2/c1-15-8-10-21(17(3)12-15)23-24(28-22-11-9-16(2)13-18(22)4)26(31)29(25(23)30)20-7-5-6-19(27)14-20/h5-14,28H,1-4H3. The predicted octanol–water partition coefficient (Wildman–Crippen LogP) is 5.46. The summed E-state index contributed by atoms with van der Waals surface area (Å²) in [7, 11) is 0. The molecule has 5 heteroatoms. The van der Waals surface area contributed by atoms with Crippen molar-refractivity contribution in [1.29, 1.82) is 0 Å². The molecule has 2 amide bonds. The maximum Gasteiger partial charge on any atom is 0.282 e. The van der Waals surface area contributed by atoms with Crippen molar-refractivity contribution >= 4 is 28.8 Å². The Kier molecular flexibility index (Phi) is 5.19. The highest BCUT2D eigenvalue weighted by molar-refractivity contribution is 6.46. The number of nitrogens with zero attached hydrogens (tertiary/aromatic N) is 1. The number of halogens is 1. The second-order valence-corrected chi connectivity index (χ2v) is 7.94. The Morgan fingerprint density at radius 1 is 0.774 bits per heavy atom. The van der Waals surface area contributed by atoms with E-state index < -0.39 is 17.6 Å². The van der Waals surface area contributed by atoms with Crippen LogP contribution in [0.2, 0.25) is 0 Å². The van der Waals surface area contributed by atoms with E-state index in [4.69, 9.17) is 0 Å². The van der Waals surface area contributed by atoms with Crippen LogP contribution in [0.4, 0.5) is 15.8 Å². The second kappa shape index (κ2) is 7.84. The van der Waals surface area contributed by atoms with Gasteiger partial charge in [-0.15, -0.1) is 0 Å². The normalized spacial score (nSPS) is 13.9. The smallest absolute Gasteiger partial charge is 0.282 e. The summed E-state index contributed by atoms with van der Waals surface area (Å²) in [6, 6.07) is 17.1. The van der Waals surface area contributed by atoms with E-state index in [-0.39, 0.29) is 17.0 Å². The van der Waals surface area contributed by atoms with Gasteiger partial charge < -0.3 is 5.32 Å². The second-order valence-electron chi connectivity index (χ2n) is 7.94. The zero-order chi connectivity index (χ0) is 22.3. The summed E-state index contributed by atoms with van der Waals surface area (Å²) in [6.45, 7) is 7.82. The number of amides is 2. The van der Waals surface area contributed by atoms with E-state index in [1.54, 1.807) is 6.07 Å². The van der Waals surface area contributed by atoms with Gasteiger partial charge in [0.15, 0.2) is 0 Å². The van der Waals surface area contributed by atoms with Gasteiger partial charge in [0.05, 0.1) is 11.3 Å². The molecule has 0 unspecified atom stereocenters. The van der Waals surface area contributed by atoms with Gasteiger partial charge in [-0.2, -0.15) is 0 Å². The van der Waals surface area contributed by atoms with E-state index in [1.165, 1.54) is 18.2 Å². The summed E-state index contributed by atoms with van der Waals surface area (Å²) in [4.78, 5) is 28.0. The lowest BCUT2D eigenvalue weighted by molar-refractivity contribution is -0.120. The number of rotatable bonds is 4. The van der Waals surface area contributed by atoms with Crippen molar-refractivity contribution in [3.05, 3.63) is 100.0 Å². The van der Waals surface area contributed by atoms with Crippen molar-refractivity contribution in [2.45, 2.75) is 27.7 Å². The third-order valence-corrected chi connectivity index (χ3v) is 5.44. The van der Waals surface area contributed by atoms with Crippen LogP contribution < -0.4 is 10.2 Å². The van der Waals surface area contributed by atoms with E-state index in [1.807, 2.05) is 64.1 Å². The molecule has 3 aromatic rings. The fraction of sp³-hybridized carbons (Fsp3) is 0.154. The molecule has 0 radical (unpaired) electrons. The Labute approximate surface area is 181 Å². The Morgan fingerprint density at radius 3 is 2.10 bits per heavy atom. The molecule has 1 heterocycles. The van der Waals surface area contributed by atoms with E-state index in [9.17, 15) is 14.0 Å². The van der Waals surface area contributed by atoms with Gasteiger partial charge in [0.2, 0.25) is 0 Å². The molecular weight excluding hydrogens is 391 g/mol. The van der Waals surface area contributed by atoms with Gasteiger partial charge in [0.1, 0.15) is 11.5 Å². The average molecular weight is 414 g/mol. The summed E-state index contributed by atoms with van der Waals surface area (Å²) >= 11 is 0. The molecule has 1 aliphatic rings. The van der Waals surface area contributed by atoms with E-state index >= 15 is 0 Å². The summed E-state index contributed by atoms with van der Waals surface area (Å²) in [5.74, 6) is -1.50. The Hall–Kier alpha value is -3.73. The average Bonchev–Trinajstić information content (AvgIpc) is 2.94. The molecule has 1 aliphatic heterocycles. The van der Waals surface area contributed by atoms with Crippen LogP contribution in [0.25, 0.3) is 5.57 Å². The largest absolute Gasteiger partial charge is 0.350 e. The summed E-state index contributed by atoms with van der Waals surface area (Å²) < 4.78 is 13.9. The number of hydrogen-bond acceptors (Lipinski definition) is 3. The molecule has 1 N–H and O–H groups in total. The van der Waals surface area contributed by atoms with Gasteiger partial charge >= 0.3 is 0 Å². The van der Waals surface area contributed by atoms with Crippen LogP contribution in [-0.4, -0.2) is 11.8 Å². The predicted molar refractivity (Wildman–Crippen MR) is 121 cm³/mol. The molecule has 0 atom stereocenters. The maximum absolute atomic E-state index is 13.9. The molecule has 0 saturated carbocycles. The molecule has 0 fully saturated rings. The number of imide groups is 1. The fourth-order valence-electron chi connectivity index (χ4n) is 3.93. The van der Waals surface area contributed by atoms with E-state index in [0.29, 0.717) is 5.56 Å². The van der Waals surface area contributed by atoms with Crippen molar-refractivity contribution in [1.82, 2.24) is 0 Å². The van der Waals surface area contributed by atoms with Crippen LogP contribution in [0.1, 0.15) is 27.8 Å². The monoisotopic (exact) mass is 414 g/mol. The SMILES string of the molecule is Cc1ccc(NC2=C(c3ccc(C)cc3C)C(=O)N(c3cccc(F)c3)C2=O)c(C)c1. The Bertz CT molecular complexity index is 1260. The molecule has 0 aliphatic carbocycles. The van der Waals surface area contributed by atoms with Crippen LogP contribution >= 0.6 is 0 Å². The number of nitrogens with one attached hydrogen (secondary N) is 1. The number of carbonyl (C=O) groups excluding carboxylic acids is 2. The number of anilines is 2. The van der Waals surface area contributed by atoms with Crippen molar-refractivity contribution < 1.29 is 14.0 Å². The molecule has 0 spiro atoms. The third-order valence-electron chi connectivity index (χ3n) is 5.44. The fourth-order valence-corrected chi connectivity index (χ4v) is 3.93. The van der Waals surface area contributed by atoms with Gasteiger partial charge in [0, 0.05) is 5.69 Å². The molecule has 3 aromatic carbocycles. The Morgan fingerprint density at radius 2 is 1.45 bits per heavy atom. The summed E-state index contributed by atoms with van der Waals surface area (Å²) in [5.41, 5.74) is 6.09. The lowest BCUT2D eigenvalue weighted by Crippen LogP contribution is -2.32. The van der Waals surface area contributed by atoms with Crippen LogP contribution in [0.15, 0.2) is 66.4 Å². The van der Waals surface area contributed by atoms with Crippen molar-refractivity contribution in [3.63, 3.8) is 0 Å². The van der Waals surface area contributed by atoms with Crippen LogP contribution in [0.5, 0.6) is 0 Å². The zero-order valence-electron chi connectivity index (χ0n) is 17.9. The first-order valence-corrected chi connectivity index (χ1v) is 10.1. The molecule has 4 nitrogen and oxygen atoms in total. The topological polar surface area (TPSA) is 49.4 Å². The molecular formula is C26H23FN2O2. The first-order valence-electron chi connectivity index (χ1n) is 10.1. The minimum atomic E-state index is -0.512. The molecule has 0 saturated heterocycles. The van der Waals surface area contributed by atoms with Gasteiger partial charge in [-0.25, -0.2) is 9.29 Å². The summed E-state index contributed by atoms with van der Waals surface area (Å²) in [5, 5.41) is 3.20. The molecule has 0 bridgehead atoms. The van der Waals surface area contributed by atoms with Gasteiger partial charge in [-0.05, 0) is 68.7 Å². The van der Waals surface area contributed by atoms with E-state index in [2.05, 4.69) is 5.32 Å². The van der Waals surface area contributed by atoms with Gasteiger partial charge in [0.25, 0.3) is 11.8 Å². The minimum absolute atomic E-state index is 0.188. The summed E-state index contributed by atoms with van der Waals surface area (Å²) in [6.07, 6.45) is 0. The molecule has 156 valence electrons. The highest BCUT2D eigenvalue weighted by atomic mass is 19.1. The van der Waals surface area contributed by atoms with Crippen LogP contribution in [0.3, 0.4) is 0 Å². The number of hydrogen-bond donors (Lipinski definition) is 1.